The van der Waals surface area contributed by atoms with E-state index in [0.717, 1.165) is 24.1 Å². The molecular formula is C25H29N3O5. The van der Waals surface area contributed by atoms with E-state index in [9.17, 15) is 9.90 Å². The molecule has 4 rings (SSSR count). The first kappa shape index (κ1) is 22.5. The third kappa shape index (κ3) is 4.74. The van der Waals surface area contributed by atoms with E-state index in [0.29, 0.717) is 34.4 Å². The zero-order valence-corrected chi connectivity index (χ0v) is 19.4. The first-order valence-corrected chi connectivity index (χ1v) is 10.8. The molecule has 0 radical (unpaired) electrons. The fourth-order valence-corrected chi connectivity index (χ4v) is 3.95. The van der Waals surface area contributed by atoms with Gasteiger partial charge in [-0.25, -0.2) is 0 Å². The molecule has 1 saturated carbocycles. The lowest BCUT2D eigenvalue weighted by molar-refractivity contribution is 0.0716. The number of aryl methyl sites for hydroxylation is 1. The average molecular weight is 452 g/mol. The Morgan fingerprint density at radius 1 is 1.06 bits per heavy atom. The van der Waals surface area contributed by atoms with Gasteiger partial charge in [0.25, 0.3) is 5.91 Å². The third-order valence-corrected chi connectivity index (χ3v) is 5.90. The fourth-order valence-electron chi connectivity index (χ4n) is 3.95. The smallest absolute Gasteiger partial charge is 0.272 e. The second-order valence-electron chi connectivity index (χ2n) is 8.16. The standard InChI is InChI=1S/C25H29N3O5/c1-27-21(13-20(26-27)16-8-9-16)25(30)28(15-18-6-5-7-22(29)24(18)33-4)14-17-10-11-19(31-2)12-23(17)32-3/h5-7,10-13,16,29H,8-9,14-15H2,1-4H3. The van der Waals surface area contributed by atoms with Crippen LogP contribution in [0.2, 0.25) is 0 Å². The van der Waals surface area contributed by atoms with Crippen molar-refractivity contribution in [2.24, 2.45) is 7.05 Å². The Bertz CT molecular complexity index is 1150. The van der Waals surface area contributed by atoms with Crippen molar-refractivity contribution in [3.63, 3.8) is 0 Å². The minimum absolute atomic E-state index is 0.0287. The highest BCUT2D eigenvalue weighted by Crippen LogP contribution is 2.39. The van der Waals surface area contributed by atoms with Crippen LogP contribution in [0.1, 0.15) is 46.1 Å². The highest BCUT2D eigenvalue weighted by Gasteiger charge is 2.30. The molecule has 3 aromatic rings. The van der Waals surface area contributed by atoms with Crippen molar-refractivity contribution < 1.29 is 24.1 Å². The summed E-state index contributed by atoms with van der Waals surface area (Å²) in [4.78, 5) is 15.4. The van der Waals surface area contributed by atoms with Gasteiger partial charge in [-0.15, -0.1) is 0 Å². The Hall–Kier alpha value is -3.68. The van der Waals surface area contributed by atoms with Crippen LogP contribution in [0, 0.1) is 0 Å². The lowest BCUT2D eigenvalue weighted by Crippen LogP contribution is -2.32. The van der Waals surface area contributed by atoms with Gasteiger partial charge in [0.15, 0.2) is 11.5 Å². The molecule has 33 heavy (non-hydrogen) atoms. The zero-order chi connectivity index (χ0) is 23.5. The van der Waals surface area contributed by atoms with Crippen molar-refractivity contribution in [3.8, 4) is 23.0 Å². The van der Waals surface area contributed by atoms with Gasteiger partial charge >= 0.3 is 0 Å². The molecular weight excluding hydrogens is 422 g/mol. The first-order valence-electron chi connectivity index (χ1n) is 10.8. The first-order chi connectivity index (χ1) is 15.9. The predicted molar refractivity (Wildman–Crippen MR) is 123 cm³/mol. The van der Waals surface area contributed by atoms with Gasteiger partial charge in [-0.1, -0.05) is 12.1 Å². The average Bonchev–Trinajstić information content (AvgIpc) is 3.60. The van der Waals surface area contributed by atoms with Crippen LogP contribution in [0.3, 0.4) is 0 Å². The molecule has 1 aliphatic carbocycles. The topological polar surface area (TPSA) is 86.1 Å². The number of phenolic OH excluding ortho intramolecular Hbond substituents is 1. The minimum Gasteiger partial charge on any atom is -0.504 e. The van der Waals surface area contributed by atoms with Crippen molar-refractivity contribution in [2.45, 2.75) is 31.8 Å². The summed E-state index contributed by atoms with van der Waals surface area (Å²) in [7, 11) is 6.48. The monoisotopic (exact) mass is 451 g/mol. The number of hydrogen-bond donors (Lipinski definition) is 1. The van der Waals surface area contributed by atoms with Crippen LogP contribution in [0.15, 0.2) is 42.5 Å². The van der Waals surface area contributed by atoms with Gasteiger partial charge in [0.2, 0.25) is 0 Å². The van der Waals surface area contributed by atoms with E-state index < -0.39 is 0 Å². The Balaban J connectivity index is 1.71. The maximum absolute atomic E-state index is 13.7. The molecule has 0 aliphatic heterocycles. The van der Waals surface area contributed by atoms with Crippen LogP contribution < -0.4 is 14.2 Å². The molecule has 1 aromatic heterocycles. The molecule has 0 bridgehead atoms. The number of para-hydroxylation sites is 1. The largest absolute Gasteiger partial charge is 0.504 e. The highest BCUT2D eigenvalue weighted by molar-refractivity contribution is 5.92. The summed E-state index contributed by atoms with van der Waals surface area (Å²) >= 11 is 0. The Labute approximate surface area is 193 Å². The number of ether oxygens (including phenoxy) is 3. The lowest BCUT2D eigenvalue weighted by Gasteiger charge is -2.25. The van der Waals surface area contributed by atoms with Crippen molar-refractivity contribution in [2.75, 3.05) is 21.3 Å². The number of carbonyl (C=O) groups is 1. The number of phenols is 1. The second-order valence-corrected chi connectivity index (χ2v) is 8.16. The molecule has 2 aromatic carbocycles. The molecule has 1 aliphatic rings. The van der Waals surface area contributed by atoms with Crippen molar-refractivity contribution >= 4 is 5.91 Å². The molecule has 0 atom stereocenters. The number of amides is 1. The van der Waals surface area contributed by atoms with Crippen LogP contribution in [-0.2, 0) is 20.1 Å². The van der Waals surface area contributed by atoms with Gasteiger partial charge in [-0.3, -0.25) is 9.48 Å². The number of nitrogens with zero attached hydrogens (tertiary/aromatic N) is 3. The van der Waals surface area contributed by atoms with Gasteiger partial charge in [-0.05, 0) is 37.1 Å². The predicted octanol–water partition coefficient (Wildman–Crippen LogP) is 3.87. The van der Waals surface area contributed by atoms with E-state index in [-0.39, 0.29) is 24.7 Å². The Morgan fingerprint density at radius 2 is 1.82 bits per heavy atom. The molecule has 0 saturated heterocycles. The molecule has 1 fully saturated rings. The van der Waals surface area contributed by atoms with E-state index in [2.05, 4.69) is 5.10 Å². The van der Waals surface area contributed by atoms with E-state index in [4.69, 9.17) is 14.2 Å². The third-order valence-electron chi connectivity index (χ3n) is 5.90. The molecule has 8 nitrogen and oxygen atoms in total. The summed E-state index contributed by atoms with van der Waals surface area (Å²) < 4.78 is 17.9. The molecule has 0 spiro atoms. The van der Waals surface area contributed by atoms with E-state index in [1.807, 2.05) is 24.3 Å². The summed E-state index contributed by atoms with van der Waals surface area (Å²) in [5.74, 6) is 1.95. The number of carbonyl (C=O) groups excluding carboxylic acids is 1. The number of aromatic hydroxyl groups is 1. The molecule has 1 amide bonds. The Kier molecular flexibility index (Phi) is 6.44. The van der Waals surface area contributed by atoms with Gasteiger partial charge in [-0.2, -0.15) is 5.10 Å². The van der Waals surface area contributed by atoms with Crippen LogP contribution in [0.25, 0.3) is 0 Å². The van der Waals surface area contributed by atoms with E-state index in [1.165, 1.54) is 7.11 Å². The number of methoxy groups -OCH3 is 3. The van der Waals surface area contributed by atoms with Gasteiger partial charge < -0.3 is 24.2 Å². The normalized spacial score (nSPS) is 13.0. The van der Waals surface area contributed by atoms with Gasteiger partial charge in [0.05, 0.1) is 40.1 Å². The number of aromatic nitrogens is 2. The van der Waals surface area contributed by atoms with Crippen LogP contribution in [0.4, 0.5) is 0 Å². The van der Waals surface area contributed by atoms with Crippen molar-refractivity contribution in [1.29, 1.82) is 0 Å². The maximum atomic E-state index is 13.7. The fraction of sp³-hybridized carbons (Fsp3) is 0.360. The van der Waals surface area contributed by atoms with Crippen molar-refractivity contribution in [1.82, 2.24) is 14.7 Å². The highest BCUT2D eigenvalue weighted by atomic mass is 16.5. The summed E-state index contributed by atoms with van der Waals surface area (Å²) in [6.07, 6.45) is 2.22. The summed E-state index contributed by atoms with van der Waals surface area (Å²) in [5.41, 5.74) is 3.00. The number of rotatable bonds is 9. The molecule has 1 heterocycles. The SMILES string of the molecule is COc1ccc(CN(Cc2cccc(O)c2OC)C(=O)c2cc(C3CC3)nn2C)c(OC)c1. The summed E-state index contributed by atoms with van der Waals surface area (Å²) in [6, 6.07) is 12.5. The van der Waals surface area contributed by atoms with E-state index in [1.54, 1.807) is 49.0 Å². The molecule has 0 unspecified atom stereocenters. The molecule has 1 N–H and O–H groups in total. The lowest BCUT2D eigenvalue weighted by atomic mass is 10.1. The second kappa shape index (κ2) is 9.44. The molecule has 174 valence electrons. The van der Waals surface area contributed by atoms with Gasteiger partial charge in [0, 0.05) is 30.2 Å². The van der Waals surface area contributed by atoms with Crippen LogP contribution in [0.5, 0.6) is 23.0 Å². The summed E-state index contributed by atoms with van der Waals surface area (Å²) in [5, 5.41) is 14.8. The van der Waals surface area contributed by atoms with Crippen molar-refractivity contribution in [3.05, 3.63) is 65.0 Å². The van der Waals surface area contributed by atoms with Gasteiger partial charge in [0.1, 0.15) is 17.2 Å². The van der Waals surface area contributed by atoms with Crippen LogP contribution >= 0.6 is 0 Å². The summed E-state index contributed by atoms with van der Waals surface area (Å²) in [6.45, 7) is 0.518. The maximum Gasteiger partial charge on any atom is 0.272 e. The van der Waals surface area contributed by atoms with Crippen LogP contribution in [-0.4, -0.2) is 47.0 Å². The zero-order valence-electron chi connectivity index (χ0n) is 19.4. The number of hydrogen-bond acceptors (Lipinski definition) is 6. The quantitative estimate of drug-likeness (QED) is 0.532. The molecule has 8 heteroatoms. The van der Waals surface area contributed by atoms with E-state index >= 15 is 0 Å². The Morgan fingerprint density at radius 3 is 2.48 bits per heavy atom. The minimum atomic E-state index is -0.167. The number of benzene rings is 2.